The molecule has 334 valence electrons. The van der Waals surface area contributed by atoms with E-state index in [2.05, 4.69) is 53.6 Å². The van der Waals surface area contributed by atoms with Gasteiger partial charge < -0.3 is 41.4 Å². The lowest BCUT2D eigenvalue weighted by molar-refractivity contribution is -0.132. The second-order valence-corrected chi connectivity index (χ2v) is 18.0. The van der Waals surface area contributed by atoms with Crippen molar-refractivity contribution in [1.29, 1.82) is 0 Å². The van der Waals surface area contributed by atoms with Gasteiger partial charge in [-0.3, -0.25) is 24.1 Å². The highest BCUT2D eigenvalue weighted by atomic mass is 16.6. The Morgan fingerprint density at radius 1 is 0.770 bits per heavy atom. The number of aliphatic hydroxyl groups excluding tert-OH is 1. The van der Waals surface area contributed by atoms with Gasteiger partial charge in [0.1, 0.15) is 23.7 Å². The normalized spacial score (nSPS) is 16.2. The summed E-state index contributed by atoms with van der Waals surface area (Å²) in [6.45, 7) is 15.5. The van der Waals surface area contributed by atoms with Gasteiger partial charge in [0.2, 0.25) is 23.6 Å². The van der Waals surface area contributed by atoms with Crippen molar-refractivity contribution in [3.63, 3.8) is 0 Å². The second-order valence-electron chi connectivity index (χ2n) is 18.0. The van der Waals surface area contributed by atoms with Gasteiger partial charge in [0.05, 0.1) is 24.9 Å². The number of imidazole rings is 1. The largest absolute Gasteiger partial charge is 0.444 e. The molecule has 0 spiro atoms. The molecule has 0 bridgehead atoms. The zero-order valence-electron chi connectivity index (χ0n) is 36.9. The Bertz CT molecular complexity index is 1810. The number of likely N-dealkylation sites (tertiary alicyclic amines) is 1. The molecule has 1 aliphatic rings. The Balaban J connectivity index is 1.41. The number of benzene rings is 2. The van der Waals surface area contributed by atoms with Crippen LogP contribution in [0.5, 0.6) is 0 Å². The predicted molar refractivity (Wildman–Crippen MR) is 234 cm³/mol. The fourth-order valence-electron chi connectivity index (χ4n) is 7.38. The van der Waals surface area contributed by atoms with E-state index in [1.165, 1.54) is 18.1 Å². The monoisotopic (exact) mass is 845 g/mol. The number of H-pyrrole nitrogens is 1. The van der Waals surface area contributed by atoms with Crippen molar-refractivity contribution in [3.05, 3.63) is 90.0 Å². The highest BCUT2D eigenvalue weighted by Crippen LogP contribution is 2.17. The Kier molecular flexibility index (Phi) is 18.8. The summed E-state index contributed by atoms with van der Waals surface area (Å²) in [5.74, 6) is -1.88. The molecule has 15 nitrogen and oxygen atoms in total. The summed E-state index contributed by atoms with van der Waals surface area (Å²) in [7, 11) is 0. The number of aromatic amines is 1. The molecule has 0 aliphatic carbocycles. The van der Waals surface area contributed by atoms with E-state index in [1.807, 2.05) is 76.2 Å². The number of hydrogen-bond acceptors (Lipinski definition) is 9. The lowest BCUT2D eigenvalue weighted by Gasteiger charge is -2.33. The predicted octanol–water partition coefficient (Wildman–Crippen LogP) is 4.17. The second kappa shape index (κ2) is 23.6. The van der Waals surface area contributed by atoms with Gasteiger partial charge in [0.25, 0.3) is 0 Å². The van der Waals surface area contributed by atoms with Crippen LogP contribution in [0.2, 0.25) is 0 Å². The van der Waals surface area contributed by atoms with E-state index in [-0.39, 0.29) is 43.0 Å². The van der Waals surface area contributed by atoms with E-state index >= 15 is 0 Å². The number of amides is 5. The van der Waals surface area contributed by atoms with Gasteiger partial charge in [0.15, 0.2) is 0 Å². The number of rotatable bonds is 21. The fourth-order valence-corrected chi connectivity index (χ4v) is 7.38. The van der Waals surface area contributed by atoms with Gasteiger partial charge in [0, 0.05) is 50.4 Å². The first kappa shape index (κ1) is 48.4. The van der Waals surface area contributed by atoms with Crippen molar-refractivity contribution in [1.82, 2.24) is 41.5 Å². The van der Waals surface area contributed by atoms with Crippen LogP contribution in [0.15, 0.2) is 73.2 Å². The van der Waals surface area contributed by atoms with E-state index < -0.39 is 59.7 Å². The minimum absolute atomic E-state index is 0.00974. The summed E-state index contributed by atoms with van der Waals surface area (Å²) in [4.78, 5) is 77.5. The zero-order valence-corrected chi connectivity index (χ0v) is 36.9. The molecule has 7 N–H and O–H groups in total. The lowest BCUT2D eigenvalue weighted by atomic mass is 9.95. The molecule has 0 radical (unpaired) electrons. The molecule has 2 unspecified atom stereocenters. The SMILES string of the molecule is CC(C)CC(NC(=O)[C@H](Cc1cnc[nH]1)NC(=O)[C@H](Cc1ccccc1)NC(=O)OC(C)(C)C)C(O)CC(=O)N[C@@H](CC(C)C)C(=O)NC1CCN(Cc2ccccc2)CC1. The van der Waals surface area contributed by atoms with E-state index in [1.54, 1.807) is 20.8 Å². The van der Waals surface area contributed by atoms with Gasteiger partial charge in [-0.05, 0) is 69.4 Å². The number of hydrogen-bond donors (Lipinski definition) is 7. The van der Waals surface area contributed by atoms with E-state index in [0.717, 1.165) is 38.0 Å². The van der Waals surface area contributed by atoms with Crippen molar-refractivity contribution < 1.29 is 33.8 Å². The van der Waals surface area contributed by atoms with Crippen molar-refractivity contribution in [2.45, 2.75) is 142 Å². The molecule has 5 atom stereocenters. The van der Waals surface area contributed by atoms with Crippen LogP contribution in [0.4, 0.5) is 4.79 Å². The molecule has 15 heteroatoms. The van der Waals surface area contributed by atoms with Crippen LogP contribution in [-0.4, -0.2) is 105 Å². The van der Waals surface area contributed by atoms with Crippen LogP contribution in [0.1, 0.15) is 97.4 Å². The van der Waals surface area contributed by atoms with Crippen molar-refractivity contribution >= 4 is 29.7 Å². The number of ether oxygens (including phenoxy) is 1. The highest BCUT2D eigenvalue weighted by Gasteiger charge is 2.33. The van der Waals surface area contributed by atoms with Gasteiger partial charge in [-0.2, -0.15) is 0 Å². The fraction of sp³-hybridized carbons (Fsp3) is 0.565. The topological polar surface area (TPSA) is 207 Å². The van der Waals surface area contributed by atoms with Crippen molar-refractivity contribution in [3.8, 4) is 0 Å². The molecule has 4 rings (SSSR count). The third kappa shape index (κ3) is 17.7. The molecule has 0 saturated carbocycles. The van der Waals surface area contributed by atoms with Crippen LogP contribution in [0.25, 0.3) is 0 Å². The Hall–Kier alpha value is -5.28. The van der Waals surface area contributed by atoms with Crippen LogP contribution in [0.3, 0.4) is 0 Å². The molecular formula is C46H68N8O7. The first-order chi connectivity index (χ1) is 28.9. The van der Waals surface area contributed by atoms with Gasteiger partial charge in [-0.15, -0.1) is 0 Å². The van der Waals surface area contributed by atoms with E-state index in [9.17, 15) is 29.1 Å². The maximum Gasteiger partial charge on any atom is 0.408 e. The van der Waals surface area contributed by atoms with Crippen molar-refractivity contribution in [2.24, 2.45) is 11.8 Å². The maximum atomic E-state index is 14.1. The first-order valence-electron chi connectivity index (χ1n) is 21.6. The molecule has 1 aromatic heterocycles. The van der Waals surface area contributed by atoms with Crippen LogP contribution in [-0.2, 0) is 43.3 Å². The summed E-state index contributed by atoms with van der Waals surface area (Å²) < 4.78 is 5.44. The quantitative estimate of drug-likeness (QED) is 0.0821. The van der Waals surface area contributed by atoms with Gasteiger partial charge in [-0.1, -0.05) is 88.4 Å². The van der Waals surface area contributed by atoms with E-state index in [0.29, 0.717) is 18.5 Å². The summed E-state index contributed by atoms with van der Waals surface area (Å²) >= 11 is 0. The summed E-state index contributed by atoms with van der Waals surface area (Å²) in [6, 6.07) is 15.5. The smallest absolute Gasteiger partial charge is 0.408 e. The number of carbonyl (C=O) groups is 5. The molecule has 3 aromatic rings. The molecule has 2 heterocycles. The Morgan fingerprint density at radius 3 is 1.93 bits per heavy atom. The van der Waals surface area contributed by atoms with E-state index in [4.69, 9.17) is 4.74 Å². The summed E-state index contributed by atoms with van der Waals surface area (Å²) in [5.41, 5.74) is 1.78. The standard InChI is InChI=1S/C46H68N8O7/c1-30(2)22-36(40(55)26-41(56)50-37(23-31(3)4)42(57)49-34-18-20-54(21-19-34)28-33-16-12-9-13-17-33)51-44(59)39(25-35-27-47-29-48-35)52-43(58)38(24-32-14-10-8-11-15-32)53-45(60)61-46(5,6)7/h8-17,27,29-31,34,36-40,55H,18-26,28H2,1-7H3,(H,47,48)(H,49,57)(H,50,56)(H,51,59)(H,52,58)(H,53,60)/t36?,37-,38-,39-,40?/m0/s1. The van der Waals surface area contributed by atoms with Crippen LogP contribution in [0, 0.1) is 11.8 Å². The number of aromatic nitrogens is 2. The lowest BCUT2D eigenvalue weighted by Crippen LogP contribution is -2.58. The average molecular weight is 845 g/mol. The molecule has 1 saturated heterocycles. The molecule has 2 aromatic carbocycles. The van der Waals surface area contributed by atoms with Crippen molar-refractivity contribution in [2.75, 3.05) is 13.1 Å². The molecule has 61 heavy (non-hydrogen) atoms. The van der Waals surface area contributed by atoms with Crippen LogP contribution < -0.4 is 26.6 Å². The molecule has 1 aliphatic heterocycles. The average Bonchev–Trinajstić information content (AvgIpc) is 3.70. The number of nitrogens with one attached hydrogen (secondary N) is 6. The third-order valence-corrected chi connectivity index (χ3v) is 10.4. The molecule has 5 amide bonds. The highest BCUT2D eigenvalue weighted by molar-refractivity contribution is 5.92. The Morgan fingerprint density at radius 2 is 1.36 bits per heavy atom. The van der Waals surface area contributed by atoms with Gasteiger partial charge in [-0.25, -0.2) is 9.78 Å². The molecular weight excluding hydrogens is 777 g/mol. The minimum atomic E-state index is -1.31. The summed E-state index contributed by atoms with van der Waals surface area (Å²) in [6.07, 6.45) is 3.00. The van der Waals surface area contributed by atoms with Gasteiger partial charge >= 0.3 is 6.09 Å². The number of alkyl carbamates (subject to hydrolysis) is 1. The summed E-state index contributed by atoms with van der Waals surface area (Å²) in [5, 5.41) is 25.9. The molecule has 1 fully saturated rings. The number of piperidine rings is 1. The number of nitrogens with zero attached hydrogens (tertiary/aromatic N) is 2. The first-order valence-corrected chi connectivity index (χ1v) is 21.6. The zero-order chi connectivity index (χ0) is 44.5. The number of carbonyl (C=O) groups excluding carboxylic acids is 5. The third-order valence-electron chi connectivity index (χ3n) is 10.4. The Labute approximate surface area is 361 Å². The number of aliphatic hydroxyl groups is 1. The maximum absolute atomic E-state index is 14.1. The van der Waals surface area contributed by atoms with Crippen LogP contribution >= 0.6 is 0 Å². The minimum Gasteiger partial charge on any atom is -0.444 e.